The van der Waals surface area contributed by atoms with Gasteiger partial charge in [0.25, 0.3) is 0 Å². The summed E-state index contributed by atoms with van der Waals surface area (Å²) in [6, 6.07) is 8.57. The van der Waals surface area contributed by atoms with Crippen molar-refractivity contribution >= 4 is 0 Å². The highest BCUT2D eigenvalue weighted by Gasteiger charge is 2.36. The number of rotatable bonds is 1. The molecule has 1 nitrogen and oxygen atoms in total. The van der Waals surface area contributed by atoms with Gasteiger partial charge < -0.3 is 5.73 Å². The molecule has 0 amide bonds. The maximum atomic E-state index is 6.60. The van der Waals surface area contributed by atoms with E-state index in [0.717, 1.165) is 12.8 Å². The second-order valence-corrected chi connectivity index (χ2v) is 6.14. The van der Waals surface area contributed by atoms with Crippen molar-refractivity contribution in [3.63, 3.8) is 0 Å². The van der Waals surface area contributed by atoms with E-state index in [1.165, 1.54) is 24.0 Å². The molecule has 88 valence electrons. The van der Waals surface area contributed by atoms with E-state index in [9.17, 15) is 0 Å². The van der Waals surface area contributed by atoms with Gasteiger partial charge in [-0.2, -0.15) is 0 Å². The molecule has 1 aliphatic carbocycles. The highest BCUT2D eigenvalue weighted by atomic mass is 14.8. The molecule has 0 bridgehead atoms. The van der Waals surface area contributed by atoms with Crippen LogP contribution in [0.5, 0.6) is 0 Å². The average molecular weight is 217 g/mol. The van der Waals surface area contributed by atoms with Crippen molar-refractivity contribution in [1.29, 1.82) is 0 Å². The van der Waals surface area contributed by atoms with Crippen molar-refractivity contribution in [3.05, 3.63) is 35.4 Å². The number of nitrogens with two attached hydrogens (primary N) is 1. The number of hydrogen-bond donors (Lipinski definition) is 1. The lowest BCUT2D eigenvalue weighted by atomic mass is 9.67. The van der Waals surface area contributed by atoms with Gasteiger partial charge in [-0.3, -0.25) is 0 Å². The summed E-state index contributed by atoms with van der Waals surface area (Å²) >= 11 is 0. The molecule has 1 fully saturated rings. The molecule has 1 heteroatoms. The molecule has 0 aliphatic heterocycles. The van der Waals surface area contributed by atoms with E-state index in [-0.39, 0.29) is 5.54 Å². The van der Waals surface area contributed by atoms with Gasteiger partial charge in [-0.25, -0.2) is 0 Å². The maximum Gasteiger partial charge on any atom is 0.0412 e. The van der Waals surface area contributed by atoms with Crippen LogP contribution >= 0.6 is 0 Å². The first-order chi connectivity index (χ1) is 7.43. The molecule has 0 aromatic heterocycles. The highest BCUT2D eigenvalue weighted by molar-refractivity contribution is 5.33. The van der Waals surface area contributed by atoms with E-state index < -0.39 is 0 Å². The molecular weight excluding hydrogens is 194 g/mol. The second-order valence-electron chi connectivity index (χ2n) is 6.14. The van der Waals surface area contributed by atoms with Crippen LogP contribution in [0.1, 0.15) is 50.7 Å². The molecule has 1 aromatic rings. The quantitative estimate of drug-likeness (QED) is 0.761. The Morgan fingerprint density at radius 2 is 1.56 bits per heavy atom. The molecule has 1 aliphatic rings. The summed E-state index contributed by atoms with van der Waals surface area (Å²) in [7, 11) is 0. The normalized spacial score (nSPS) is 23.0. The molecule has 0 spiro atoms. The fourth-order valence-corrected chi connectivity index (χ4v) is 2.77. The molecular formula is C15H23N. The van der Waals surface area contributed by atoms with Crippen LogP contribution in [0.3, 0.4) is 0 Å². The topological polar surface area (TPSA) is 26.0 Å². The van der Waals surface area contributed by atoms with Gasteiger partial charge in [0.2, 0.25) is 0 Å². The van der Waals surface area contributed by atoms with Gasteiger partial charge >= 0.3 is 0 Å². The minimum absolute atomic E-state index is 0.0825. The summed E-state index contributed by atoms with van der Waals surface area (Å²) in [4.78, 5) is 0. The van der Waals surface area contributed by atoms with Gasteiger partial charge in [0, 0.05) is 5.54 Å². The third-order valence-electron chi connectivity index (χ3n) is 4.18. The number of aryl methyl sites for hydroxylation is 1. The standard InChI is InChI=1S/C15H23N/c1-12-6-4-5-7-13(12)15(16)10-8-14(2,3)9-11-15/h4-7H,8-11,16H2,1-3H3. The zero-order chi connectivity index (χ0) is 11.8. The van der Waals surface area contributed by atoms with Crippen LogP contribution in [0.4, 0.5) is 0 Å². The predicted molar refractivity (Wildman–Crippen MR) is 69.3 cm³/mol. The third-order valence-corrected chi connectivity index (χ3v) is 4.18. The van der Waals surface area contributed by atoms with Gasteiger partial charge in [-0.15, -0.1) is 0 Å². The van der Waals surface area contributed by atoms with E-state index in [1.54, 1.807) is 0 Å². The molecule has 2 rings (SSSR count). The minimum atomic E-state index is -0.0825. The Morgan fingerprint density at radius 3 is 2.12 bits per heavy atom. The van der Waals surface area contributed by atoms with E-state index in [2.05, 4.69) is 45.0 Å². The van der Waals surface area contributed by atoms with Crippen molar-refractivity contribution in [1.82, 2.24) is 0 Å². The predicted octanol–water partition coefficient (Wildman–Crippen LogP) is 3.75. The van der Waals surface area contributed by atoms with Crippen molar-refractivity contribution in [2.24, 2.45) is 11.1 Å². The summed E-state index contributed by atoms with van der Waals surface area (Å²) in [5.41, 5.74) is 9.69. The fourth-order valence-electron chi connectivity index (χ4n) is 2.77. The van der Waals surface area contributed by atoms with Gasteiger partial charge in [-0.1, -0.05) is 38.1 Å². The smallest absolute Gasteiger partial charge is 0.0412 e. The molecule has 16 heavy (non-hydrogen) atoms. The summed E-state index contributed by atoms with van der Waals surface area (Å²) < 4.78 is 0. The largest absolute Gasteiger partial charge is 0.321 e. The summed E-state index contributed by atoms with van der Waals surface area (Å²) in [5.74, 6) is 0. The Morgan fingerprint density at radius 1 is 1.00 bits per heavy atom. The Kier molecular flexibility index (Phi) is 2.83. The van der Waals surface area contributed by atoms with E-state index in [1.807, 2.05) is 0 Å². The highest BCUT2D eigenvalue weighted by Crippen LogP contribution is 2.44. The van der Waals surface area contributed by atoms with Crippen molar-refractivity contribution in [3.8, 4) is 0 Å². The van der Waals surface area contributed by atoms with E-state index in [0.29, 0.717) is 5.41 Å². The van der Waals surface area contributed by atoms with Crippen molar-refractivity contribution in [2.75, 3.05) is 0 Å². The summed E-state index contributed by atoms with van der Waals surface area (Å²) in [5, 5.41) is 0. The van der Waals surface area contributed by atoms with Crippen LogP contribution in [-0.4, -0.2) is 0 Å². The SMILES string of the molecule is Cc1ccccc1C1(N)CCC(C)(C)CC1. The van der Waals surface area contributed by atoms with Gasteiger partial charge in [-0.05, 0) is 49.1 Å². The third kappa shape index (κ3) is 2.15. The number of benzene rings is 1. The molecule has 0 saturated heterocycles. The lowest BCUT2D eigenvalue weighted by Crippen LogP contribution is -2.42. The first kappa shape index (κ1) is 11.7. The van der Waals surface area contributed by atoms with E-state index >= 15 is 0 Å². The average Bonchev–Trinajstić information content (AvgIpc) is 2.24. The monoisotopic (exact) mass is 217 g/mol. The summed E-state index contributed by atoms with van der Waals surface area (Å²) in [6.07, 6.45) is 4.70. The fraction of sp³-hybridized carbons (Fsp3) is 0.600. The van der Waals surface area contributed by atoms with Crippen LogP contribution in [0, 0.1) is 12.3 Å². The zero-order valence-electron chi connectivity index (χ0n) is 10.7. The van der Waals surface area contributed by atoms with Gasteiger partial charge in [0.1, 0.15) is 0 Å². The van der Waals surface area contributed by atoms with Crippen LogP contribution < -0.4 is 5.73 Å². The Bertz CT molecular complexity index is 369. The van der Waals surface area contributed by atoms with E-state index in [4.69, 9.17) is 5.73 Å². The second kappa shape index (κ2) is 3.89. The Balaban J connectivity index is 2.25. The van der Waals surface area contributed by atoms with Crippen LogP contribution in [0.2, 0.25) is 0 Å². The van der Waals surface area contributed by atoms with Crippen LogP contribution in [-0.2, 0) is 5.54 Å². The first-order valence-electron chi connectivity index (χ1n) is 6.28. The van der Waals surface area contributed by atoms with Crippen molar-refractivity contribution in [2.45, 2.75) is 52.0 Å². The molecule has 0 radical (unpaired) electrons. The molecule has 0 heterocycles. The lowest BCUT2D eigenvalue weighted by molar-refractivity contribution is 0.165. The molecule has 1 aromatic carbocycles. The summed E-state index contributed by atoms with van der Waals surface area (Å²) in [6.45, 7) is 6.87. The zero-order valence-corrected chi connectivity index (χ0v) is 10.7. The Labute approximate surface area is 99.0 Å². The Hall–Kier alpha value is -0.820. The van der Waals surface area contributed by atoms with Gasteiger partial charge in [0.05, 0.1) is 0 Å². The molecule has 0 unspecified atom stereocenters. The molecule has 0 atom stereocenters. The van der Waals surface area contributed by atoms with Crippen LogP contribution in [0.25, 0.3) is 0 Å². The van der Waals surface area contributed by atoms with Crippen LogP contribution in [0.15, 0.2) is 24.3 Å². The minimum Gasteiger partial charge on any atom is -0.321 e. The van der Waals surface area contributed by atoms with Gasteiger partial charge in [0.15, 0.2) is 0 Å². The lowest BCUT2D eigenvalue weighted by Gasteiger charge is -2.42. The molecule has 2 N–H and O–H groups in total. The number of hydrogen-bond acceptors (Lipinski definition) is 1. The first-order valence-corrected chi connectivity index (χ1v) is 6.28. The van der Waals surface area contributed by atoms with Crippen molar-refractivity contribution < 1.29 is 0 Å². The maximum absolute atomic E-state index is 6.60. The molecule has 1 saturated carbocycles.